The van der Waals surface area contributed by atoms with Gasteiger partial charge >= 0.3 is 0 Å². The van der Waals surface area contributed by atoms with Gasteiger partial charge in [0, 0.05) is 30.4 Å². The standard InChI is InChI=1S/C15H21N5S/c1-6-12-19-13(16-7-2)8-14(20-12)21-15-17-10(4)9(3)11(5)18-15/h8H,6-7H2,1-5H3,(H,16,19,20). The molecule has 2 heterocycles. The van der Waals surface area contributed by atoms with E-state index in [-0.39, 0.29) is 0 Å². The van der Waals surface area contributed by atoms with Crippen LogP contribution in [0.15, 0.2) is 16.2 Å². The fraction of sp³-hybridized carbons (Fsp3) is 0.467. The Balaban J connectivity index is 2.32. The molecule has 0 bridgehead atoms. The molecule has 5 nitrogen and oxygen atoms in total. The lowest BCUT2D eigenvalue weighted by molar-refractivity contribution is 0.863. The molecule has 0 aliphatic rings. The quantitative estimate of drug-likeness (QED) is 0.675. The van der Waals surface area contributed by atoms with Crippen molar-refractivity contribution in [2.24, 2.45) is 0 Å². The second-order valence-electron chi connectivity index (χ2n) is 4.80. The smallest absolute Gasteiger partial charge is 0.194 e. The van der Waals surface area contributed by atoms with Crippen molar-refractivity contribution >= 4 is 17.6 Å². The van der Waals surface area contributed by atoms with Crippen molar-refractivity contribution in [3.05, 3.63) is 28.8 Å². The summed E-state index contributed by atoms with van der Waals surface area (Å²) >= 11 is 1.48. The Labute approximate surface area is 130 Å². The van der Waals surface area contributed by atoms with Crippen LogP contribution in [0.3, 0.4) is 0 Å². The SMILES string of the molecule is CCNc1cc(Sc2nc(C)c(C)c(C)n2)nc(CC)n1. The van der Waals surface area contributed by atoms with Gasteiger partial charge in [0.1, 0.15) is 16.7 Å². The summed E-state index contributed by atoms with van der Waals surface area (Å²) in [6, 6.07) is 1.95. The molecule has 0 aromatic carbocycles. The van der Waals surface area contributed by atoms with Gasteiger partial charge in [-0.3, -0.25) is 0 Å². The first-order valence-corrected chi connectivity index (χ1v) is 7.96. The average Bonchev–Trinajstić information content (AvgIpc) is 2.44. The molecule has 6 heteroatoms. The van der Waals surface area contributed by atoms with Crippen LogP contribution in [-0.2, 0) is 6.42 Å². The van der Waals surface area contributed by atoms with E-state index in [2.05, 4.69) is 39.1 Å². The maximum atomic E-state index is 4.54. The third kappa shape index (κ3) is 3.91. The van der Waals surface area contributed by atoms with Gasteiger partial charge in [-0.15, -0.1) is 0 Å². The summed E-state index contributed by atoms with van der Waals surface area (Å²) in [6.07, 6.45) is 0.805. The average molecular weight is 303 g/mol. The van der Waals surface area contributed by atoms with Gasteiger partial charge in [0.05, 0.1) is 0 Å². The minimum atomic E-state index is 0.735. The largest absolute Gasteiger partial charge is 0.370 e. The number of aryl methyl sites for hydroxylation is 3. The summed E-state index contributed by atoms with van der Waals surface area (Å²) in [5.41, 5.74) is 3.17. The minimum absolute atomic E-state index is 0.735. The van der Waals surface area contributed by atoms with Gasteiger partial charge in [0.2, 0.25) is 0 Å². The number of nitrogens with one attached hydrogen (secondary N) is 1. The normalized spacial score (nSPS) is 10.7. The van der Waals surface area contributed by atoms with Crippen LogP contribution in [-0.4, -0.2) is 26.5 Å². The Bertz CT molecular complexity index is 619. The molecule has 0 spiro atoms. The zero-order chi connectivity index (χ0) is 15.4. The summed E-state index contributed by atoms with van der Waals surface area (Å²) in [6.45, 7) is 11.0. The number of nitrogens with zero attached hydrogens (tertiary/aromatic N) is 4. The third-order valence-corrected chi connectivity index (χ3v) is 4.01. The van der Waals surface area contributed by atoms with E-state index in [1.807, 2.05) is 26.8 Å². The van der Waals surface area contributed by atoms with Crippen LogP contribution in [0.4, 0.5) is 5.82 Å². The minimum Gasteiger partial charge on any atom is -0.370 e. The maximum absolute atomic E-state index is 4.54. The fourth-order valence-corrected chi connectivity index (χ4v) is 2.71. The molecule has 0 saturated heterocycles. The van der Waals surface area contributed by atoms with Crippen molar-refractivity contribution in [2.75, 3.05) is 11.9 Å². The second kappa shape index (κ2) is 6.85. The second-order valence-corrected chi connectivity index (χ2v) is 5.78. The van der Waals surface area contributed by atoms with E-state index in [1.54, 1.807) is 0 Å². The van der Waals surface area contributed by atoms with Gasteiger partial charge in [-0.2, -0.15) is 0 Å². The highest BCUT2D eigenvalue weighted by atomic mass is 32.2. The molecule has 2 rings (SSSR count). The molecule has 0 radical (unpaired) electrons. The Morgan fingerprint density at radius 2 is 1.67 bits per heavy atom. The van der Waals surface area contributed by atoms with E-state index in [1.165, 1.54) is 11.8 Å². The van der Waals surface area contributed by atoms with Gasteiger partial charge in [0.25, 0.3) is 0 Å². The zero-order valence-corrected chi connectivity index (χ0v) is 14.0. The Hall–Kier alpha value is -1.69. The van der Waals surface area contributed by atoms with Crippen LogP contribution in [0.1, 0.15) is 36.6 Å². The van der Waals surface area contributed by atoms with Crippen LogP contribution in [0.5, 0.6) is 0 Å². The molecule has 112 valence electrons. The number of hydrogen-bond donors (Lipinski definition) is 1. The summed E-state index contributed by atoms with van der Waals surface area (Å²) in [4.78, 5) is 18.1. The van der Waals surface area contributed by atoms with Crippen molar-refractivity contribution in [1.29, 1.82) is 0 Å². The van der Waals surface area contributed by atoms with Gasteiger partial charge in [-0.05, 0) is 45.0 Å². The number of anilines is 1. The number of hydrogen-bond acceptors (Lipinski definition) is 6. The van der Waals surface area contributed by atoms with Crippen LogP contribution in [0.2, 0.25) is 0 Å². The molecule has 0 saturated carbocycles. The monoisotopic (exact) mass is 303 g/mol. The van der Waals surface area contributed by atoms with E-state index in [0.717, 1.165) is 51.7 Å². The molecule has 0 aliphatic carbocycles. The third-order valence-electron chi connectivity index (χ3n) is 3.23. The Kier molecular flexibility index (Phi) is 5.12. The Morgan fingerprint density at radius 3 is 2.24 bits per heavy atom. The van der Waals surface area contributed by atoms with Crippen LogP contribution in [0.25, 0.3) is 0 Å². The van der Waals surface area contributed by atoms with E-state index in [4.69, 9.17) is 0 Å². The summed E-state index contributed by atoms with van der Waals surface area (Å²) in [7, 11) is 0. The summed E-state index contributed by atoms with van der Waals surface area (Å²) in [5.74, 6) is 1.68. The van der Waals surface area contributed by atoms with Crippen molar-refractivity contribution in [3.63, 3.8) is 0 Å². The molecule has 21 heavy (non-hydrogen) atoms. The predicted octanol–water partition coefficient (Wildman–Crippen LogP) is 3.34. The fourth-order valence-electron chi connectivity index (χ4n) is 1.84. The topological polar surface area (TPSA) is 63.6 Å². The highest BCUT2D eigenvalue weighted by Gasteiger charge is 2.09. The molecule has 1 N–H and O–H groups in total. The van der Waals surface area contributed by atoms with E-state index in [9.17, 15) is 0 Å². The zero-order valence-electron chi connectivity index (χ0n) is 13.2. The van der Waals surface area contributed by atoms with Crippen LogP contribution in [0, 0.1) is 20.8 Å². The van der Waals surface area contributed by atoms with Crippen LogP contribution >= 0.6 is 11.8 Å². The molecule has 2 aromatic heterocycles. The molecule has 0 unspecified atom stereocenters. The molecular formula is C15H21N5S. The van der Waals surface area contributed by atoms with Gasteiger partial charge < -0.3 is 5.32 Å². The highest BCUT2D eigenvalue weighted by molar-refractivity contribution is 7.99. The lowest BCUT2D eigenvalue weighted by atomic mass is 10.2. The summed E-state index contributed by atoms with van der Waals surface area (Å²) < 4.78 is 0. The van der Waals surface area contributed by atoms with Crippen molar-refractivity contribution in [3.8, 4) is 0 Å². The highest BCUT2D eigenvalue weighted by Crippen LogP contribution is 2.26. The van der Waals surface area contributed by atoms with Crippen molar-refractivity contribution < 1.29 is 0 Å². The lowest BCUT2D eigenvalue weighted by Crippen LogP contribution is -2.04. The van der Waals surface area contributed by atoms with E-state index < -0.39 is 0 Å². The molecule has 0 aliphatic heterocycles. The van der Waals surface area contributed by atoms with Gasteiger partial charge in [0.15, 0.2) is 5.16 Å². The van der Waals surface area contributed by atoms with E-state index in [0.29, 0.717) is 0 Å². The predicted molar refractivity (Wildman–Crippen MR) is 85.9 cm³/mol. The molecule has 2 aromatic rings. The van der Waals surface area contributed by atoms with Gasteiger partial charge in [-0.1, -0.05) is 6.92 Å². The molecule has 0 atom stereocenters. The maximum Gasteiger partial charge on any atom is 0.194 e. The first-order chi connectivity index (χ1) is 10.0. The molecular weight excluding hydrogens is 282 g/mol. The van der Waals surface area contributed by atoms with Gasteiger partial charge in [-0.25, -0.2) is 19.9 Å². The molecule has 0 fully saturated rings. The number of rotatable bonds is 5. The lowest BCUT2D eigenvalue weighted by Gasteiger charge is -2.09. The number of aromatic nitrogens is 4. The first kappa shape index (κ1) is 15.7. The Morgan fingerprint density at radius 1 is 1.00 bits per heavy atom. The molecule has 0 amide bonds. The van der Waals surface area contributed by atoms with E-state index >= 15 is 0 Å². The summed E-state index contributed by atoms with van der Waals surface area (Å²) in [5, 5.41) is 4.85. The van der Waals surface area contributed by atoms with Crippen LogP contribution < -0.4 is 5.32 Å². The first-order valence-electron chi connectivity index (χ1n) is 7.15. The van der Waals surface area contributed by atoms with Crippen molar-refractivity contribution in [2.45, 2.75) is 51.2 Å². The van der Waals surface area contributed by atoms with Crippen molar-refractivity contribution in [1.82, 2.24) is 19.9 Å².